The fourth-order valence-electron chi connectivity index (χ4n) is 1.94. The van der Waals surface area contributed by atoms with Gasteiger partial charge in [0.2, 0.25) is 0 Å². The van der Waals surface area contributed by atoms with Crippen LogP contribution in [0.1, 0.15) is 12.8 Å². The molecule has 16 heavy (non-hydrogen) atoms. The molecule has 0 aromatic rings. The number of rotatable bonds is 4. The van der Waals surface area contributed by atoms with Crippen molar-refractivity contribution in [2.75, 3.05) is 13.2 Å². The zero-order chi connectivity index (χ0) is 11.4. The Hall–Kier alpha value is -0.160. The molecule has 0 bridgehead atoms. The monoisotopic (exact) mass is 346 g/mol. The van der Waals surface area contributed by atoms with Crippen LogP contribution in [0.4, 0.5) is 0 Å². The van der Waals surface area contributed by atoms with Crippen LogP contribution in [0.15, 0.2) is 46.6 Å². The predicted octanol–water partition coefficient (Wildman–Crippen LogP) is 4.15. The van der Waals surface area contributed by atoms with E-state index in [1.165, 1.54) is 22.3 Å². The highest BCUT2D eigenvalue weighted by molar-refractivity contribution is 9.06. The molecule has 0 unspecified atom stereocenters. The third-order valence-corrected chi connectivity index (χ3v) is 3.23. The zero-order valence-corrected chi connectivity index (χ0v) is 11.9. The van der Waals surface area contributed by atoms with E-state index < -0.39 is 0 Å². The predicted molar refractivity (Wildman–Crippen MR) is 71.3 cm³/mol. The number of hydrogen-bond acceptors (Lipinski definition) is 2. The maximum Gasteiger partial charge on any atom is 0.0991 e. The average Bonchev–Trinajstić information content (AvgIpc) is 2.30. The number of fused-ring (bicyclic) bond motifs is 1. The molecule has 2 aliphatic rings. The minimum Gasteiger partial charge on any atom is -0.303 e. The molecular formula is C12H12Br2O2. The molecule has 4 heteroatoms. The third kappa shape index (κ3) is 2.94. The van der Waals surface area contributed by atoms with Crippen LogP contribution in [-0.2, 0) is 7.66 Å². The fraction of sp³-hybridized carbons (Fsp3) is 0.333. The lowest BCUT2D eigenvalue weighted by Crippen LogP contribution is -2.06. The van der Waals surface area contributed by atoms with Gasteiger partial charge in [-0.1, -0.05) is 24.3 Å². The Balaban J connectivity index is 2.09. The van der Waals surface area contributed by atoms with E-state index in [2.05, 4.69) is 56.8 Å². The van der Waals surface area contributed by atoms with Crippen LogP contribution >= 0.6 is 32.5 Å². The summed E-state index contributed by atoms with van der Waals surface area (Å²) in [5, 5.41) is 0. The van der Waals surface area contributed by atoms with E-state index in [1.54, 1.807) is 0 Å². The SMILES string of the molecule is BrOCC1=CC=C2CC(COBr)=CC=C2C1. The van der Waals surface area contributed by atoms with Crippen LogP contribution in [0.5, 0.6) is 0 Å². The summed E-state index contributed by atoms with van der Waals surface area (Å²) in [4.78, 5) is 0. The normalized spacial score (nSPS) is 19.4. The number of hydrogen-bond donors (Lipinski definition) is 0. The van der Waals surface area contributed by atoms with Gasteiger partial charge in [-0.2, -0.15) is 0 Å². The maximum absolute atomic E-state index is 4.97. The summed E-state index contributed by atoms with van der Waals surface area (Å²) in [5.41, 5.74) is 5.36. The average molecular weight is 348 g/mol. The van der Waals surface area contributed by atoms with Crippen molar-refractivity contribution in [1.82, 2.24) is 0 Å². The fourth-order valence-corrected chi connectivity index (χ4v) is 2.53. The Labute approximate surface area is 113 Å². The van der Waals surface area contributed by atoms with E-state index in [9.17, 15) is 0 Å². The molecule has 0 fully saturated rings. The smallest absolute Gasteiger partial charge is 0.0991 e. The molecule has 86 valence electrons. The van der Waals surface area contributed by atoms with Crippen molar-refractivity contribution in [2.45, 2.75) is 12.8 Å². The van der Waals surface area contributed by atoms with Crippen molar-refractivity contribution in [1.29, 1.82) is 0 Å². The van der Waals surface area contributed by atoms with E-state index in [4.69, 9.17) is 7.66 Å². The molecule has 0 saturated carbocycles. The van der Waals surface area contributed by atoms with Crippen molar-refractivity contribution in [3.8, 4) is 0 Å². The summed E-state index contributed by atoms with van der Waals surface area (Å²) in [6.45, 7) is 1.28. The molecule has 0 aromatic carbocycles. The standard InChI is InChI=1S/C12H12Br2O2/c13-15-7-9-1-3-11-6-10(8-16-14)2-4-12(11)5-9/h1-4H,5-8H2. The Morgan fingerprint density at radius 2 is 1.25 bits per heavy atom. The molecule has 2 aliphatic carbocycles. The topological polar surface area (TPSA) is 18.5 Å². The summed E-state index contributed by atoms with van der Waals surface area (Å²) in [5.74, 6) is 0. The van der Waals surface area contributed by atoms with Crippen molar-refractivity contribution >= 4 is 32.5 Å². The van der Waals surface area contributed by atoms with E-state index in [0.29, 0.717) is 13.2 Å². The Bertz CT molecular complexity index is 354. The highest BCUT2D eigenvalue weighted by atomic mass is 79.9. The first-order valence-corrected chi connectivity index (χ1v) is 6.37. The molecule has 0 N–H and O–H groups in total. The molecule has 0 atom stereocenters. The van der Waals surface area contributed by atoms with Crippen LogP contribution in [0.25, 0.3) is 0 Å². The van der Waals surface area contributed by atoms with Crippen molar-refractivity contribution in [3.05, 3.63) is 46.6 Å². The van der Waals surface area contributed by atoms with E-state index in [1.807, 2.05) is 0 Å². The Morgan fingerprint density at radius 1 is 0.812 bits per heavy atom. The lowest BCUT2D eigenvalue weighted by Gasteiger charge is -2.21. The van der Waals surface area contributed by atoms with E-state index in [-0.39, 0.29) is 0 Å². The van der Waals surface area contributed by atoms with Gasteiger partial charge in [-0.05, 0) is 35.1 Å². The van der Waals surface area contributed by atoms with Crippen LogP contribution in [0.3, 0.4) is 0 Å². The molecule has 0 radical (unpaired) electrons. The first-order valence-electron chi connectivity index (χ1n) is 5.08. The first-order chi connectivity index (χ1) is 7.83. The van der Waals surface area contributed by atoms with Gasteiger partial charge in [-0.25, -0.2) is 0 Å². The minimum atomic E-state index is 0.641. The second-order valence-corrected chi connectivity index (χ2v) is 4.81. The van der Waals surface area contributed by atoms with Crippen molar-refractivity contribution in [3.63, 3.8) is 0 Å². The number of allylic oxidation sites excluding steroid dienone is 6. The van der Waals surface area contributed by atoms with Gasteiger partial charge in [0.1, 0.15) is 0 Å². The summed E-state index contributed by atoms with van der Waals surface area (Å²) < 4.78 is 9.93. The molecule has 0 amide bonds. The minimum absolute atomic E-state index is 0.641. The zero-order valence-electron chi connectivity index (χ0n) is 8.71. The molecule has 2 rings (SSSR count). The Morgan fingerprint density at radius 3 is 1.62 bits per heavy atom. The molecule has 0 aliphatic heterocycles. The number of halogens is 2. The summed E-state index contributed by atoms with van der Waals surface area (Å²) >= 11 is 5.98. The van der Waals surface area contributed by atoms with Crippen LogP contribution in [0, 0.1) is 0 Å². The quantitative estimate of drug-likeness (QED) is 0.760. The Kier molecular flexibility index (Phi) is 4.58. The van der Waals surface area contributed by atoms with Gasteiger partial charge in [0.05, 0.1) is 45.7 Å². The van der Waals surface area contributed by atoms with Crippen LogP contribution in [-0.4, -0.2) is 13.2 Å². The second-order valence-electron chi connectivity index (χ2n) is 3.89. The molecule has 2 nitrogen and oxygen atoms in total. The maximum atomic E-state index is 4.97. The summed E-state index contributed by atoms with van der Waals surface area (Å²) in [6, 6.07) is 0. The van der Waals surface area contributed by atoms with Crippen LogP contribution < -0.4 is 0 Å². The molecular weight excluding hydrogens is 336 g/mol. The van der Waals surface area contributed by atoms with Gasteiger partial charge >= 0.3 is 0 Å². The van der Waals surface area contributed by atoms with Gasteiger partial charge in [0.25, 0.3) is 0 Å². The van der Waals surface area contributed by atoms with Gasteiger partial charge in [0, 0.05) is 0 Å². The second kappa shape index (κ2) is 5.96. The van der Waals surface area contributed by atoms with Gasteiger partial charge in [-0.3, -0.25) is 0 Å². The lowest BCUT2D eigenvalue weighted by atomic mass is 9.85. The summed E-state index contributed by atoms with van der Waals surface area (Å²) in [6.07, 6.45) is 10.6. The van der Waals surface area contributed by atoms with Crippen LogP contribution in [0.2, 0.25) is 0 Å². The largest absolute Gasteiger partial charge is 0.303 e. The van der Waals surface area contributed by atoms with Crippen molar-refractivity contribution in [2.24, 2.45) is 0 Å². The van der Waals surface area contributed by atoms with Gasteiger partial charge < -0.3 is 7.66 Å². The third-order valence-electron chi connectivity index (χ3n) is 2.77. The molecule has 0 heterocycles. The molecule has 0 saturated heterocycles. The van der Waals surface area contributed by atoms with Gasteiger partial charge in [0.15, 0.2) is 0 Å². The summed E-state index contributed by atoms with van der Waals surface area (Å²) in [7, 11) is 0. The first kappa shape index (κ1) is 12.3. The lowest BCUT2D eigenvalue weighted by molar-refractivity contribution is 0.432. The van der Waals surface area contributed by atoms with E-state index in [0.717, 1.165) is 12.8 Å². The molecule has 0 spiro atoms. The van der Waals surface area contributed by atoms with E-state index >= 15 is 0 Å². The molecule has 0 aromatic heterocycles. The van der Waals surface area contributed by atoms with Crippen molar-refractivity contribution < 1.29 is 7.66 Å². The van der Waals surface area contributed by atoms with Gasteiger partial charge in [-0.15, -0.1) is 0 Å². The highest BCUT2D eigenvalue weighted by Gasteiger charge is 2.16. The highest BCUT2D eigenvalue weighted by Crippen LogP contribution is 2.32.